The fourth-order valence-electron chi connectivity index (χ4n) is 11.7. The normalized spacial score (nSPS) is 16.5. The van der Waals surface area contributed by atoms with Crippen molar-refractivity contribution < 1.29 is 47.3 Å². The van der Waals surface area contributed by atoms with Crippen molar-refractivity contribution in [2.24, 2.45) is 10.8 Å². The molecule has 0 bridgehead atoms. The van der Waals surface area contributed by atoms with Gasteiger partial charge >= 0.3 is 12.2 Å². The van der Waals surface area contributed by atoms with E-state index in [-0.39, 0.29) is 48.7 Å². The SMILES string of the molecule is Cc1cc(C(C)(C)C)c(OCCOC(=O)NCC2(C)CC(NC(=O)OCCOc3c(C(C)(C)C)cc(C)c(C(=O)P(=O)(c4ccccc4)c4ccccc4)c3C)CC(C)(C)C2)c(C)c1C(=O)P(=O)(c1ccccc1)c1ccccc1. The third-order valence-electron chi connectivity index (χ3n) is 15.1. The topological polar surface area (TPSA) is 163 Å². The van der Waals surface area contributed by atoms with E-state index in [9.17, 15) is 19.2 Å². The number of rotatable bonds is 19. The van der Waals surface area contributed by atoms with Crippen LogP contribution in [-0.4, -0.2) is 62.2 Å². The van der Waals surface area contributed by atoms with Crippen LogP contribution >= 0.6 is 14.3 Å². The Kier molecular flexibility index (Phi) is 18.7. The lowest BCUT2D eigenvalue weighted by molar-refractivity contribution is 0.0596. The maximum absolute atomic E-state index is 15.2. The van der Waals surface area contributed by atoms with E-state index >= 15 is 9.13 Å². The Bertz CT molecular complexity index is 3230. The molecule has 6 aromatic carbocycles. The van der Waals surface area contributed by atoms with Gasteiger partial charge in [-0.15, -0.1) is 0 Å². The van der Waals surface area contributed by atoms with Crippen LogP contribution in [0.3, 0.4) is 0 Å². The third-order valence-corrected chi connectivity index (χ3v) is 20.8. The summed E-state index contributed by atoms with van der Waals surface area (Å²) in [7, 11) is -7.64. The summed E-state index contributed by atoms with van der Waals surface area (Å²) in [4.78, 5) is 56.4. The molecule has 424 valence electrons. The first-order valence-corrected chi connectivity index (χ1v) is 30.9. The Balaban J connectivity index is 0.960. The van der Waals surface area contributed by atoms with Crippen molar-refractivity contribution in [1.82, 2.24) is 10.6 Å². The molecule has 14 heteroatoms. The average molecular weight is 1120 g/mol. The maximum atomic E-state index is 15.2. The summed E-state index contributed by atoms with van der Waals surface area (Å²) >= 11 is 0. The molecule has 1 aliphatic rings. The highest BCUT2D eigenvalue weighted by atomic mass is 31.2. The summed E-state index contributed by atoms with van der Waals surface area (Å²) in [6.07, 6.45) is 0.829. The van der Waals surface area contributed by atoms with Crippen LogP contribution in [-0.2, 0) is 29.4 Å². The lowest BCUT2D eigenvalue weighted by Crippen LogP contribution is -2.50. The highest BCUT2D eigenvalue weighted by Crippen LogP contribution is 2.52. The van der Waals surface area contributed by atoms with Crippen molar-refractivity contribution in [3.63, 3.8) is 0 Å². The number of amides is 2. The van der Waals surface area contributed by atoms with Crippen molar-refractivity contribution in [3.8, 4) is 11.5 Å². The molecule has 0 saturated heterocycles. The van der Waals surface area contributed by atoms with Gasteiger partial charge in [0.2, 0.25) is 25.3 Å². The molecule has 80 heavy (non-hydrogen) atoms. The van der Waals surface area contributed by atoms with Crippen LogP contribution in [0, 0.1) is 38.5 Å². The second kappa shape index (κ2) is 24.5. The van der Waals surface area contributed by atoms with Crippen molar-refractivity contribution in [2.45, 2.75) is 126 Å². The van der Waals surface area contributed by atoms with E-state index < -0.39 is 42.9 Å². The zero-order chi connectivity index (χ0) is 58.4. The summed E-state index contributed by atoms with van der Waals surface area (Å²) in [5.74, 6) is 0.974. The minimum atomic E-state index is -3.82. The second-order valence-electron chi connectivity index (χ2n) is 24.5. The smallest absolute Gasteiger partial charge is 0.407 e. The number of hydrogen-bond donors (Lipinski definition) is 2. The van der Waals surface area contributed by atoms with Gasteiger partial charge in [-0.1, -0.05) is 196 Å². The molecule has 6 aromatic rings. The van der Waals surface area contributed by atoms with Gasteiger partial charge in [0.05, 0.1) is 0 Å². The summed E-state index contributed by atoms with van der Waals surface area (Å²) in [6, 6.07) is 39.1. The van der Waals surface area contributed by atoms with E-state index in [1.54, 1.807) is 97.1 Å². The van der Waals surface area contributed by atoms with E-state index in [4.69, 9.17) is 18.9 Å². The van der Waals surface area contributed by atoms with E-state index in [1.165, 1.54) is 0 Å². The number of hydrogen-bond acceptors (Lipinski definition) is 10. The minimum Gasteiger partial charge on any atom is -0.489 e. The molecule has 1 aliphatic carbocycles. The van der Waals surface area contributed by atoms with E-state index in [0.29, 0.717) is 85.5 Å². The number of alkyl carbamates (subject to hydrolysis) is 2. The largest absolute Gasteiger partial charge is 0.489 e. The van der Waals surface area contributed by atoms with Crippen LogP contribution in [0.1, 0.15) is 136 Å². The molecule has 2 N–H and O–H groups in total. The zero-order valence-corrected chi connectivity index (χ0v) is 50.7. The van der Waals surface area contributed by atoms with Crippen LogP contribution in [0.15, 0.2) is 133 Å². The molecule has 2 atom stereocenters. The highest BCUT2D eigenvalue weighted by molar-refractivity contribution is 7.94. The number of carbonyl (C=O) groups is 4. The van der Waals surface area contributed by atoms with Crippen LogP contribution in [0.4, 0.5) is 9.59 Å². The lowest BCUT2D eigenvalue weighted by Gasteiger charge is -2.46. The molecule has 2 amide bonds. The maximum Gasteiger partial charge on any atom is 0.407 e. The van der Waals surface area contributed by atoms with Gasteiger partial charge in [-0.3, -0.25) is 9.59 Å². The van der Waals surface area contributed by atoms with Crippen molar-refractivity contribution in [3.05, 3.63) is 178 Å². The van der Waals surface area contributed by atoms with Crippen LogP contribution < -0.4 is 41.3 Å². The standard InChI is InChI=1S/C66H80N2O10P2/c1-44-38-53(63(5,6)7)57(46(3)55(44)59(69)79(73,49-26-18-14-19-27-49)50-28-20-15-21-29-50)75-34-36-77-61(71)67-43-66(13)41-48(40-65(11,12)42-66)68-62(72)78-37-35-76-58-47(4)56(45(2)39-54(58)64(8,9)10)60(70)80(74,51-30-22-16-23-31-51)52-32-24-17-25-33-52/h14-33,38-39,48H,34-37,40-43H2,1-13H3,(H,67,71)(H,68,72). The highest BCUT2D eigenvalue weighted by Gasteiger charge is 2.44. The number of benzene rings is 6. The quantitative estimate of drug-likeness (QED) is 0.0589. The van der Waals surface area contributed by atoms with Crippen LogP contribution in [0.5, 0.6) is 11.5 Å². The molecule has 0 heterocycles. The van der Waals surface area contributed by atoms with Crippen LogP contribution in [0.25, 0.3) is 0 Å². The molecule has 1 fully saturated rings. The molecule has 12 nitrogen and oxygen atoms in total. The lowest BCUT2D eigenvalue weighted by atomic mass is 9.62. The first kappa shape index (κ1) is 60.9. The van der Waals surface area contributed by atoms with Crippen molar-refractivity contribution in [1.29, 1.82) is 0 Å². The van der Waals surface area contributed by atoms with E-state index in [1.807, 2.05) is 64.1 Å². The Morgan fingerprint density at radius 1 is 0.525 bits per heavy atom. The third kappa shape index (κ3) is 13.5. The summed E-state index contributed by atoms with van der Waals surface area (Å²) in [5.41, 5.74) is 2.62. The first-order valence-electron chi connectivity index (χ1n) is 27.5. The van der Waals surface area contributed by atoms with Crippen molar-refractivity contribution >= 4 is 58.7 Å². The Hall–Kier alpha value is -6.74. The predicted molar refractivity (Wildman–Crippen MR) is 322 cm³/mol. The van der Waals surface area contributed by atoms with Gasteiger partial charge in [0.25, 0.3) is 0 Å². The average Bonchev–Trinajstić information content (AvgIpc) is 3.40. The Morgan fingerprint density at radius 3 is 1.23 bits per heavy atom. The van der Waals surface area contributed by atoms with Crippen LogP contribution in [0.2, 0.25) is 0 Å². The molecule has 7 rings (SSSR count). The number of nitrogens with one attached hydrogen (secondary N) is 2. The Morgan fingerprint density at radius 2 is 0.875 bits per heavy atom. The minimum absolute atomic E-state index is 0.00227. The molecule has 1 saturated carbocycles. The van der Waals surface area contributed by atoms with Gasteiger partial charge in [0.1, 0.15) is 37.9 Å². The van der Waals surface area contributed by atoms with Gasteiger partial charge in [-0.25, -0.2) is 9.59 Å². The fraction of sp³-hybridized carbons (Fsp3) is 0.394. The molecule has 2 unspecified atom stereocenters. The monoisotopic (exact) mass is 1120 g/mol. The molecule has 0 spiro atoms. The van der Waals surface area contributed by atoms with Gasteiger partial charge in [0.15, 0.2) is 0 Å². The Labute approximate surface area is 473 Å². The molecule has 0 aliphatic heterocycles. The molecule has 0 radical (unpaired) electrons. The number of carbonyl (C=O) groups excluding carboxylic acids is 4. The van der Waals surface area contributed by atoms with E-state index in [0.717, 1.165) is 17.5 Å². The van der Waals surface area contributed by atoms with Gasteiger partial charge in [0, 0.05) is 67.2 Å². The fourth-order valence-corrected chi connectivity index (χ4v) is 16.9. The number of aryl methyl sites for hydroxylation is 2. The molecule has 0 aromatic heterocycles. The molecular weight excluding hydrogens is 1040 g/mol. The van der Waals surface area contributed by atoms with E-state index in [2.05, 4.69) is 72.9 Å². The number of ether oxygens (including phenoxy) is 4. The summed E-state index contributed by atoms with van der Waals surface area (Å²) in [5, 5.41) is 7.82. The van der Waals surface area contributed by atoms with Gasteiger partial charge in [-0.2, -0.15) is 0 Å². The first-order chi connectivity index (χ1) is 37.6. The predicted octanol–water partition coefficient (Wildman–Crippen LogP) is 13.3. The van der Waals surface area contributed by atoms with Gasteiger partial charge < -0.3 is 38.7 Å². The second-order valence-corrected chi connectivity index (χ2v) is 29.8. The summed E-state index contributed by atoms with van der Waals surface area (Å²) in [6.45, 7) is 26.2. The van der Waals surface area contributed by atoms with Gasteiger partial charge in [-0.05, 0) is 79.7 Å². The summed E-state index contributed by atoms with van der Waals surface area (Å²) < 4.78 is 54.6. The zero-order valence-electron chi connectivity index (χ0n) is 48.9. The van der Waals surface area contributed by atoms with Crippen molar-refractivity contribution in [2.75, 3.05) is 33.0 Å². The molecular formula is C66H80N2O10P2.